The summed E-state index contributed by atoms with van der Waals surface area (Å²) in [5, 5.41) is 6.54. The lowest BCUT2D eigenvalue weighted by atomic mass is 9.96. The third-order valence-electron chi connectivity index (χ3n) is 5.40. The number of nitrogens with one attached hydrogen (secondary N) is 2. The van der Waals surface area contributed by atoms with E-state index in [4.69, 9.17) is 0 Å². The van der Waals surface area contributed by atoms with Crippen LogP contribution in [0.2, 0.25) is 0 Å². The monoisotopic (exact) mass is 367 g/mol. The first-order valence-corrected chi connectivity index (χ1v) is 10.3. The Kier molecular flexibility index (Phi) is 4.98. The number of hydrogen-bond donors (Lipinski definition) is 2. The summed E-state index contributed by atoms with van der Waals surface area (Å²) in [4.78, 5) is 19.4. The van der Waals surface area contributed by atoms with Crippen molar-refractivity contribution >= 4 is 28.3 Å². The van der Waals surface area contributed by atoms with E-state index in [1.807, 2.05) is 11.0 Å². The quantitative estimate of drug-likeness (QED) is 0.674. The Morgan fingerprint density at radius 2 is 2.19 bits per heavy atom. The molecule has 2 atom stereocenters. The van der Waals surface area contributed by atoms with Gasteiger partial charge in [-0.1, -0.05) is 24.3 Å². The number of urea groups is 1. The number of benzene rings is 1. The molecule has 4 rings (SSSR count). The summed E-state index contributed by atoms with van der Waals surface area (Å²) in [5.74, 6) is 0.162. The zero-order valence-electron chi connectivity index (χ0n) is 15.1. The molecule has 0 saturated carbocycles. The van der Waals surface area contributed by atoms with Crippen LogP contribution in [0.4, 0.5) is 4.79 Å². The van der Waals surface area contributed by atoms with Crippen molar-refractivity contribution in [2.75, 3.05) is 13.1 Å². The number of rotatable bonds is 4. The maximum atomic E-state index is 12.7. The normalized spacial score (nSPS) is 18.8. The molecule has 0 aliphatic carbocycles. The van der Waals surface area contributed by atoms with Gasteiger partial charge in [0.05, 0.1) is 0 Å². The molecule has 3 heterocycles. The molecule has 4 nitrogen and oxygen atoms in total. The van der Waals surface area contributed by atoms with Crippen molar-refractivity contribution in [3.63, 3.8) is 0 Å². The van der Waals surface area contributed by atoms with Gasteiger partial charge in [0.1, 0.15) is 0 Å². The Hall–Kier alpha value is -2.27. The minimum atomic E-state index is 0.0681. The van der Waals surface area contributed by atoms with Gasteiger partial charge in [0, 0.05) is 47.0 Å². The van der Waals surface area contributed by atoms with Gasteiger partial charge >= 0.3 is 6.03 Å². The van der Waals surface area contributed by atoms with Crippen LogP contribution in [0.3, 0.4) is 0 Å². The Morgan fingerprint density at radius 1 is 1.31 bits per heavy atom. The van der Waals surface area contributed by atoms with Gasteiger partial charge in [-0.2, -0.15) is 0 Å². The molecule has 1 saturated heterocycles. The second-order valence-electron chi connectivity index (χ2n) is 7.08. The summed E-state index contributed by atoms with van der Waals surface area (Å²) in [5.41, 5.74) is 2.38. The number of amides is 2. The van der Waals surface area contributed by atoms with Crippen LogP contribution in [0.5, 0.6) is 0 Å². The van der Waals surface area contributed by atoms with Gasteiger partial charge < -0.3 is 15.2 Å². The fourth-order valence-corrected chi connectivity index (χ4v) is 4.77. The van der Waals surface area contributed by atoms with Crippen molar-refractivity contribution in [3.05, 3.63) is 58.4 Å². The molecule has 0 radical (unpaired) electrons. The second-order valence-corrected chi connectivity index (χ2v) is 8.06. The van der Waals surface area contributed by atoms with Gasteiger partial charge in [0.15, 0.2) is 0 Å². The summed E-state index contributed by atoms with van der Waals surface area (Å²) in [6.07, 6.45) is 5.52. The predicted molar refractivity (Wildman–Crippen MR) is 108 cm³/mol. The van der Waals surface area contributed by atoms with Crippen molar-refractivity contribution in [2.24, 2.45) is 0 Å². The third-order valence-corrected chi connectivity index (χ3v) is 6.39. The fourth-order valence-electron chi connectivity index (χ4n) is 3.93. The number of piperidine rings is 1. The number of aromatic nitrogens is 1. The molecule has 1 aromatic carbocycles. The van der Waals surface area contributed by atoms with Gasteiger partial charge in [0.2, 0.25) is 0 Å². The van der Waals surface area contributed by atoms with Crippen LogP contribution in [0.1, 0.15) is 42.5 Å². The molecule has 0 bridgehead atoms. The molecule has 136 valence electrons. The largest absolute Gasteiger partial charge is 0.361 e. The van der Waals surface area contributed by atoms with Crippen LogP contribution in [-0.2, 0) is 0 Å². The first-order chi connectivity index (χ1) is 12.7. The molecule has 5 heteroatoms. The first-order valence-electron chi connectivity index (χ1n) is 9.38. The van der Waals surface area contributed by atoms with Crippen molar-refractivity contribution < 1.29 is 4.79 Å². The number of nitrogens with zero attached hydrogens (tertiary/aromatic N) is 1. The van der Waals surface area contributed by atoms with Crippen LogP contribution in [-0.4, -0.2) is 35.0 Å². The molecule has 2 N–H and O–H groups in total. The van der Waals surface area contributed by atoms with Crippen molar-refractivity contribution in [2.45, 2.75) is 38.1 Å². The molecule has 3 aromatic rings. The summed E-state index contributed by atoms with van der Waals surface area (Å²) >= 11 is 1.75. The molecule has 1 fully saturated rings. The van der Waals surface area contributed by atoms with Crippen LogP contribution < -0.4 is 5.32 Å². The van der Waals surface area contributed by atoms with E-state index in [9.17, 15) is 4.79 Å². The van der Waals surface area contributed by atoms with E-state index >= 15 is 0 Å². The molecule has 2 aromatic heterocycles. The molecule has 0 spiro atoms. The zero-order chi connectivity index (χ0) is 17.9. The summed E-state index contributed by atoms with van der Waals surface area (Å²) < 4.78 is 0. The fraction of sp³-hybridized carbons (Fsp3) is 0.381. The highest BCUT2D eigenvalue weighted by molar-refractivity contribution is 7.10. The average Bonchev–Trinajstić information content (AvgIpc) is 3.33. The summed E-state index contributed by atoms with van der Waals surface area (Å²) in [7, 11) is 0. The standard InChI is InChI=1S/C21H25N3OS/c1-15-7-4-5-11-24(15)21(25)23-14-18(20-10-6-12-26-20)17-13-22-19-9-3-2-8-16(17)19/h2-3,6,8-10,12-13,15,18,22H,4-5,7,11,14H2,1H3,(H,23,25). The SMILES string of the molecule is CC1CCCCN1C(=O)NCC(c1cccs1)c1c[nH]c2ccccc12. The number of fused-ring (bicyclic) bond motifs is 1. The first kappa shape index (κ1) is 17.2. The van der Waals surface area contributed by atoms with E-state index in [1.165, 1.54) is 22.2 Å². The van der Waals surface area contributed by atoms with E-state index in [2.05, 4.69) is 59.1 Å². The molecule has 1 aliphatic heterocycles. The smallest absolute Gasteiger partial charge is 0.317 e. The van der Waals surface area contributed by atoms with Crippen molar-refractivity contribution in [1.82, 2.24) is 15.2 Å². The number of thiophene rings is 1. The van der Waals surface area contributed by atoms with Gasteiger partial charge in [-0.25, -0.2) is 4.79 Å². The van der Waals surface area contributed by atoms with Crippen molar-refractivity contribution in [3.8, 4) is 0 Å². The van der Waals surface area contributed by atoms with Gasteiger partial charge in [-0.05, 0) is 49.3 Å². The topological polar surface area (TPSA) is 48.1 Å². The van der Waals surface area contributed by atoms with Crippen LogP contribution in [0, 0.1) is 0 Å². The van der Waals surface area contributed by atoms with Crippen molar-refractivity contribution in [1.29, 1.82) is 0 Å². The van der Waals surface area contributed by atoms with E-state index < -0.39 is 0 Å². The van der Waals surface area contributed by atoms with E-state index in [0.29, 0.717) is 12.6 Å². The maximum absolute atomic E-state index is 12.7. The maximum Gasteiger partial charge on any atom is 0.317 e. The molecule has 1 aliphatic rings. The third kappa shape index (κ3) is 3.36. The number of hydrogen-bond acceptors (Lipinski definition) is 2. The van der Waals surface area contributed by atoms with Crippen LogP contribution in [0.15, 0.2) is 48.0 Å². The lowest BCUT2D eigenvalue weighted by molar-refractivity contribution is 0.158. The highest BCUT2D eigenvalue weighted by Gasteiger charge is 2.25. The van der Waals surface area contributed by atoms with E-state index in [-0.39, 0.29) is 11.9 Å². The molecule has 2 amide bonds. The minimum Gasteiger partial charge on any atom is -0.361 e. The van der Waals surface area contributed by atoms with Gasteiger partial charge in [0.25, 0.3) is 0 Å². The second kappa shape index (κ2) is 7.54. The Balaban J connectivity index is 1.56. The van der Waals surface area contributed by atoms with E-state index in [0.717, 1.165) is 24.9 Å². The Labute approximate surface area is 158 Å². The molecular weight excluding hydrogens is 342 g/mol. The summed E-state index contributed by atoms with van der Waals surface area (Å²) in [6, 6.07) is 13.0. The number of para-hydroxylation sites is 1. The Morgan fingerprint density at radius 3 is 3.00 bits per heavy atom. The molecular formula is C21H25N3OS. The minimum absolute atomic E-state index is 0.0681. The Bertz CT molecular complexity index is 870. The number of carbonyl (C=O) groups excluding carboxylic acids is 1. The number of H-pyrrole nitrogens is 1. The predicted octanol–water partition coefficient (Wildman–Crippen LogP) is 4.95. The lowest BCUT2D eigenvalue weighted by Gasteiger charge is -2.33. The van der Waals surface area contributed by atoms with Crippen LogP contribution >= 0.6 is 11.3 Å². The highest BCUT2D eigenvalue weighted by Crippen LogP contribution is 2.33. The van der Waals surface area contributed by atoms with E-state index in [1.54, 1.807) is 11.3 Å². The number of aromatic amines is 1. The molecule has 26 heavy (non-hydrogen) atoms. The van der Waals surface area contributed by atoms with Gasteiger partial charge in [-0.3, -0.25) is 0 Å². The lowest BCUT2D eigenvalue weighted by Crippen LogP contribution is -2.48. The highest BCUT2D eigenvalue weighted by atomic mass is 32.1. The average molecular weight is 368 g/mol. The number of carbonyl (C=O) groups is 1. The van der Waals surface area contributed by atoms with Gasteiger partial charge in [-0.15, -0.1) is 11.3 Å². The summed E-state index contributed by atoms with van der Waals surface area (Å²) in [6.45, 7) is 3.63. The van der Waals surface area contributed by atoms with Crippen LogP contribution in [0.25, 0.3) is 10.9 Å². The zero-order valence-corrected chi connectivity index (χ0v) is 15.9. The number of likely N-dealkylation sites (tertiary alicyclic amines) is 1. The molecule has 2 unspecified atom stereocenters.